The molecule has 2 heterocycles. The third-order valence-corrected chi connectivity index (χ3v) is 5.63. The van der Waals surface area contributed by atoms with Crippen LogP contribution >= 0.6 is 0 Å². The summed E-state index contributed by atoms with van der Waals surface area (Å²) in [7, 11) is 0. The predicted octanol–water partition coefficient (Wildman–Crippen LogP) is 2.04. The average Bonchev–Trinajstić information content (AvgIpc) is 3.11. The lowest BCUT2D eigenvalue weighted by Crippen LogP contribution is -2.55. The van der Waals surface area contributed by atoms with Crippen LogP contribution in [0.2, 0.25) is 0 Å². The Kier molecular flexibility index (Phi) is 4.97. The number of hydrogen-bond donors (Lipinski definition) is 2. The lowest BCUT2D eigenvalue weighted by Gasteiger charge is -2.37. The Morgan fingerprint density at radius 3 is 2.74 bits per heavy atom. The number of pyridine rings is 1. The lowest BCUT2D eigenvalue weighted by atomic mass is 9.96. The van der Waals surface area contributed by atoms with Crippen LogP contribution in [0.5, 0.6) is 0 Å². The Balaban J connectivity index is 1.59. The van der Waals surface area contributed by atoms with Gasteiger partial charge in [-0.2, -0.15) is 0 Å². The number of para-hydroxylation sites is 1. The standard InChI is InChI=1S/C20H24FN3O3/c21-15-5-3-4-14-17(25)12-16(22-18(14)15)19(26)23-20(6-1-2-7-20)13-24-8-10-27-11-9-24/h3-5,12H,1-2,6-11,13H2,(H,22,25)(H,23,26). The van der Waals surface area contributed by atoms with Crippen molar-refractivity contribution in [1.29, 1.82) is 0 Å². The molecule has 0 bridgehead atoms. The van der Waals surface area contributed by atoms with Crippen LogP contribution in [0, 0.1) is 5.82 Å². The van der Waals surface area contributed by atoms with Crippen molar-refractivity contribution in [3.8, 4) is 0 Å². The summed E-state index contributed by atoms with van der Waals surface area (Å²) < 4.78 is 19.5. The molecule has 7 heteroatoms. The molecule has 1 aromatic heterocycles. The van der Waals surface area contributed by atoms with E-state index < -0.39 is 5.82 Å². The van der Waals surface area contributed by atoms with Gasteiger partial charge in [-0.3, -0.25) is 14.5 Å². The Bertz CT molecular complexity index is 899. The number of carbonyl (C=O) groups is 1. The molecule has 1 saturated carbocycles. The first-order valence-corrected chi connectivity index (χ1v) is 9.51. The van der Waals surface area contributed by atoms with E-state index in [2.05, 4.69) is 15.2 Å². The highest BCUT2D eigenvalue weighted by Gasteiger charge is 2.37. The van der Waals surface area contributed by atoms with E-state index in [-0.39, 0.29) is 33.5 Å². The Hall–Kier alpha value is -2.25. The number of carbonyl (C=O) groups excluding carboxylic acids is 1. The zero-order chi connectivity index (χ0) is 18.9. The van der Waals surface area contributed by atoms with E-state index in [1.54, 1.807) is 6.07 Å². The SMILES string of the molecule is O=C(NC1(CN2CCOCC2)CCCC1)c1cc(=O)c2cccc(F)c2[nH]1. The number of hydrogen-bond acceptors (Lipinski definition) is 4. The van der Waals surface area contributed by atoms with E-state index in [1.165, 1.54) is 18.2 Å². The fraction of sp³-hybridized carbons (Fsp3) is 0.500. The highest BCUT2D eigenvalue weighted by molar-refractivity contribution is 5.95. The fourth-order valence-corrected chi connectivity index (χ4v) is 4.23. The number of halogens is 1. The van der Waals surface area contributed by atoms with Gasteiger partial charge in [0, 0.05) is 31.1 Å². The van der Waals surface area contributed by atoms with Crippen LogP contribution in [-0.2, 0) is 4.74 Å². The summed E-state index contributed by atoms with van der Waals surface area (Å²) in [6.07, 6.45) is 3.94. The van der Waals surface area contributed by atoms with Crippen LogP contribution in [-0.4, -0.2) is 54.2 Å². The van der Waals surface area contributed by atoms with Crippen LogP contribution in [0.3, 0.4) is 0 Å². The predicted molar refractivity (Wildman–Crippen MR) is 100 cm³/mol. The van der Waals surface area contributed by atoms with Gasteiger partial charge in [-0.15, -0.1) is 0 Å². The van der Waals surface area contributed by atoms with Crippen LogP contribution in [0.1, 0.15) is 36.2 Å². The van der Waals surface area contributed by atoms with Gasteiger partial charge < -0.3 is 15.0 Å². The van der Waals surface area contributed by atoms with Crippen molar-refractivity contribution < 1.29 is 13.9 Å². The van der Waals surface area contributed by atoms with Gasteiger partial charge in [0.2, 0.25) is 0 Å². The maximum atomic E-state index is 14.1. The number of benzene rings is 1. The fourth-order valence-electron chi connectivity index (χ4n) is 4.23. The molecular formula is C20H24FN3O3. The molecule has 1 aliphatic carbocycles. The number of fused-ring (bicyclic) bond motifs is 1. The minimum absolute atomic E-state index is 0.0730. The summed E-state index contributed by atoms with van der Waals surface area (Å²) >= 11 is 0. The summed E-state index contributed by atoms with van der Waals surface area (Å²) in [5, 5.41) is 3.40. The van der Waals surface area contributed by atoms with Gasteiger partial charge in [-0.05, 0) is 25.0 Å². The summed E-state index contributed by atoms with van der Waals surface area (Å²) in [5.74, 6) is -0.893. The van der Waals surface area contributed by atoms with Gasteiger partial charge in [0.25, 0.3) is 5.91 Å². The largest absolute Gasteiger partial charge is 0.379 e. The van der Waals surface area contributed by atoms with Crippen molar-refractivity contribution in [3.63, 3.8) is 0 Å². The molecule has 6 nitrogen and oxygen atoms in total. The van der Waals surface area contributed by atoms with Crippen LogP contribution in [0.15, 0.2) is 29.1 Å². The van der Waals surface area contributed by atoms with E-state index >= 15 is 0 Å². The first-order valence-electron chi connectivity index (χ1n) is 9.51. The molecule has 1 amide bonds. The number of nitrogens with zero attached hydrogens (tertiary/aromatic N) is 1. The number of amides is 1. The molecule has 0 spiro atoms. The van der Waals surface area contributed by atoms with E-state index in [4.69, 9.17) is 4.74 Å². The maximum absolute atomic E-state index is 14.1. The van der Waals surface area contributed by atoms with Crippen molar-refractivity contribution in [2.45, 2.75) is 31.2 Å². The number of rotatable bonds is 4. The van der Waals surface area contributed by atoms with Gasteiger partial charge in [0.1, 0.15) is 11.5 Å². The topological polar surface area (TPSA) is 74.4 Å². The molecule has 4 rings (SSSR count). The molecule has 0 unspecified atom stereocenters. The van der Waals surface area contributed by atoms with Gasteiger partial charge >= 0.3 is 0 Å². The molecule has 27 heavy (non-hydrogen) atoms. The zero-order valence-corrected chi connectivity index (χ0v) is 15.2. The van der Waals surface area contributed by atoms with Crippen LogP contribution in [0.25, 0.3) is 10.9 Å². The molecular weight excluding hydrogens is 349 g/mol. The number of H-pyrrole nitrogens is 1. The molecule has 2 N–H and O–H groups in total. The molecule has 2 fully saturated rings. The van der Waals surface area contributed by atoms with Crippen molar-refractivity contribution in [2.24, 2.45) is 0 Å². The van der Waals surface area contributed by atoms with Gasteiger partial charge in [-0.25, -0.2) is 4.39 Å². The molecule has 1 aromatic carbocycles. The van der Waals surface area contributed by atoms with Crippen LogP contribution in [0.4, 0.5) is 4.39 Å². The average molecular weight is 373 g/mol. The van der Waals surface area contributed by atoms with E-state index in [9.17, 15) is 14.0 Å². The molecule has 144 valence electrons. The Morgan fingerprint density at radius 1 is 1.26 bits per heavy atom. The Labute approximate surface area is 156 Å². The quantitative estimate of drug-likeness (QED) is 0.860. The number of aromatic nitrogens is 1. The van der Waals surface area contributed by atoms with Crippen molar-refractivity contribution in [1.82, 2.24) is 15.2 Å². The minimum Gasteiger partial charge on any atom is -0.379 e. The summed E-state index contributed by atoms with van der Waals surface area (Å²) in [5.41, 5.74) is -0.494. The molecule has 2 aliphatic rings. The summed E-state index contributed by atoms with van der Waals surface area (Å²) in [6.45, 7) is 3.90. The zero-order valence-electron chi connectivity index (χ0n) is 15.2. The lowest BCUT2D eigenvalue weighted by molar-refractivity contribution is 0.0237. The second-order valence-corrected chi connectivity index (χ2v) is 7.54. The highest BCUT2D eigenvalue weighted by Crippen LogP contribution is 2.31. The van der Waals surface area contributed by atoms with E-state index in [0.717, 1.165) is 45.3 Å². The van der Waals surface area contributed by atoms with Crippen molar-refractivity contribution in [3.05, 3.63) is 46.0 Å². The van der Waals surface area contributed by atoms with E-state index in [0.29, 0.717) is 13.2 Å². The van der Waals surface area contributed by atoms with Gasteiger partial charge in [0.15, 0.2) is 5.43 Å². The number of nitrogens with one attached hydrogen (secondary N) is 2. The second kappa shape index (κ2) is 7.40. The molecule has 0 atom stereocenters. The van der Waals surface area contributed by atoms with Gasteiger partial charge in [-0.1, -0.05) is 18.9 Å². The first kappa shape index (κ1) is 18.1. The third-order valence-electron chi connectivity index (χ3n) is 5.63. The smallest absolute Gasteiger partial charge is 0.268 e. The summed E-state index contributed by atoms with van der Waals surface area (Å²) in [6, 6.07) is 5.57. The van der Waals surface area contributed by atoms with Crippen molar-refractivity contribution in [2.75, 3.05) is 32.8 Å². The second-order valence-electron chi connectivity index (χ2n) is 7.54. The highest BCUT2D eigenvalue weighted by atomic mass is 19.1. The monoisotopic (exact) mass is 373 g/mol. The molecule has 1 aliphatic heterocycles. The van der Waals surface area contributed by atoms with Crippen LogP contribution < -0.4 is 10.7 Å². The molecule has 0 radical (unpaired) electrons. The molecule has 2 aromatic rings. The third kappa shape index (κ3) is 3.75. The molecule has 1 saturated heterocycles. The van der Waals surface area contributed by atoms with Gasteiger partial charge in [0.05, 0.1) is 24.3 Å². The van der Waals surface area contributed by atoms with E-state index in [1.807, 2.05) is 0 Å². The number of aromatic amines is 1. The minimum atomic E-state index is -0.539. The first-order chi connectivity index (χ1) is 13.1. The number of morpholine rings is 1. The maximum Gasteiger partial charge on any atom is 0.268 e. The Morgan fingerprint density at radius 2 is 2.00 bits per heavy atom. The van der Waals surface area contributed by atoms with Crippen molar-refractivity contribution >= 4 is 16.8 Å². The normalized spacial score (nSPS) is 20.0. The number of ether oxygens (including phenoxy) is 1. The summed E-state index contributed by atoms with van der Waals surface area (Å²) in [4.78, 5) is 30.3.